The second-order valence-electron chi connectivity index (χ2n) is 6.60. The molecule has 1 amide bonds. The van der Waals surface area contributed by atoms with Crippen LogP contribution in [0, 0.1) is 5.92 Å². The molecule has 6 nitrogen and oxygen atoms in total. The van der Waals surface area contributed by atoms with Gasteiger partial charge in [0.15, 0.2) is 0 Å². The number of nitrogens with zero attached hydrogens (tertiary/aromatic N) is 2. The molecule has 0 aliphatic carbocycles. The van der Waals surface area contributed by atoms with Crippen molar-refractivity contribution in [3.63, 3.8) is 0 Å². The maximum Gasteiger partial charge on any atom is 0.223 e. The molecule has 1 aromatic heterocycles. The molecule has 1 fully saturated rings. The summed E-state index contributed by atoms with van der Waals surface area (Å²) in [6.45, 7) is 1.14. The van der Waals surface area contributed by atoms with Crippen molar-refractivity contribution in [1.82, 2.24) is 14.6 Å². The fourth-order valence-electron chi connectivity index (χ4n) is 3.15. The predicted molar refractivity (Wildman–Crippen MR) is 107 cm³/mol. The Kier molecular flexibility index (Phi) is 6.62. The quantitative estimate of drug-likeness (QED) is 0.731. The van der Waals surface area contributed by atoms with E-state index in [9.17, 15) is 13.2 Å². The number of aromatic nitrogens is 1. The zero-order valence-electron chi connectivity index (χ0n) is 14.8. The Morgan fingerprint density at radius 2 is 1.96 bits per heavy atom. The highest BCUT2D eigenvalue weighted by Crippen LogP contribution is 2.23. The largest absolute Gasteiger partial charge is 0.350 e. The topological polar surface area (TPSA) is 79.4 Å². The number of benzene rings is 1. The Morgan fingerprint density at radius 1 is 1.19 bits per heavy atom. The summed E-state index contributed by atoms with van der Waals surface area (Å²) in [5, 5.41) is 2.89. The third-order valence-corrected chi connectivity index (χ3v) is 6.97. The number of pyridine rings is 1. The van der Waals surface area contributed by atoms with E-state index < -0.39 is 10.0 Å². The second kappa shape index (κ2) is 8.95. The Bertz CT molecular complexity index is 882. The van der Waals surface area contributed by atoms with Crippen LogP contribution >= 0.6 is 15.9 Å². The summed E-state index contributed by atoms with van der Waals surface area (Å²) in [6, 6.07) is 12.9. The van der Waals surface area contributed by atoms with E-state index in [0.717, 1.165) is 15.7 Å². The van der Waals surface area contributed by atoms with Gasteiger partial charge in [0.2, 0.25) is 15.9 Å². The fraction of sp³-hybridized carbons (Fsp3) is 0.368. The summed E-state index contributed by atoms with van der Waals surface area (Å²) in [7, 11) is -3.39. The summed E-state index contributed by atoms with van der Waals surface area (Å²) >= 11 is 3.36. The van der Waals surface area contributed by atoms with Gasteiger partial charge in [0, 0.05) is 29.7 Å². The summed E-state index contributed by atoms with van der Waals surface area (Å²) in [4.78, 5) is 16.5. The number of carbonyl (C=O) groups excluding carboxylic acids is 1. The van der Waals surface area contributed by atoms with Gasteiger partial charge in [-0.25, -0.2) is 12.7 Å². The molecule has 1 saturated heterocycles. The number of amides is 1. The molecule has 1 aliphatic heterocycles. The summed E-state index contributed by atoms with van der Waals surface area (Å²) in [5.41, 5.74) is 1.56. The summed E-state index contributed by atoms with van der Waals surface area (Å²) < 4.78 is 27.7. The smallest absolute Gasteiger partial charge is 0.223 e. The molecule has 2 heterocycles. The van der Waals surface area contributed by atoms with E-state index in [1.165, 1.54) is 4.31 Å². The molecule has 0 bridgehead atoms. The van der Waals surface area contributed by atoms with Gasteiger partial charge in [-0.1, -0.05) is 34.1 Å². The zero-order valence-corrected chi connectivity index (χ0v) is 17.2. The lowest BCUT2D eigenvalue weighted by Crippen LogP contribution is -2.43. The van der Waals surface area contributed by atoms with Crippen LogP contribution in [0.2, 0.25) is 0 Å². The van der Waals surface area contributed by atoms with E-state index >= 15 is 0 Å². The minimum absolute atomic E-state index is 0.0248. The van der Waals surface area contributed by atoms with Crippen LogP contribution in [0.3, 0.4) is 0 Å². The maximum atomic E-state index is 12.7. The third-order valence-electron chi connectivity index (χ3n) is 4.63. The molecule has 1 N–H and O–H groups in total. The van der Waals surface area contributed by atoms with Crippen molar-refractivity contribution < 1.29 is 13.2 Å². The van der Waals surface area contributed by atoms with E-state index in [0.29, 0.717) is 32.5 Å². The molecule has 2 aromatic rings. The lowest BCUT2D eigenvalue weighted by molar-refractivity contribution is -0.126. The van der Waals surface area contributed by atoms with Gasteiger partial charge in [0.25, 0.3) is 0 Å². The minimum atomic E-state index is -3.39. The van der Waals surface area contributed by atoms with Gasteiger partial charge in [-0.05, 0) is 42.7 Å². The number of nitrogens with one attached hydrogen (secondary N) is 1. The summed E-state index contributed by atoms with van der Waals surface area (Å²) in [5.74, 6) is -0.223. The number of hydrogen-bond donors (Lipinski definition) is 1. The van der Waals surface area contributed by atoms with Crippen LogP contribution in [0.5, 0.6) is 0 Å². The average Bonchev–Trinajstić information content (AvgIpc) is 2.67. The van der Waals surface area contributed by atoms with Gasteiger partial charge < -0.3 is 5.32 Å². The Hall–Kier alpha value is -1.77. The molecule has 0 atom stereocenters. The van der Waals surface area contributed by atoms with Crippen LogP contribution < -0.4 is 5.32 Å². The monoisotopic (exact) mass is 451 g/mol. The maximum absolute atomic E-state index is 12.7. The Balaban J connectivity index is 1.51. The van der Waals surface area contributed by atoms with Crippen molar-refractivity contribution >= 4 is 31.9 Å². The van der Waals surface area contributed by atoms with E-state index in [2.05, 4.69) is 26.2 Å². The van der Waals surface area contributed by atoms with E-state index in [-0.39, 0.29) is 17.6 Å². The first kappa shape index (κ1) is 20.0. The van der Waals surface area contributed by atoms with Crippen LogP contribution in [0.1, 0.15) is 24.1 Å². The molecule has 0 spiro atoms. The minimum Gasteiger partial charge on any atom is -0.350 e. The number of rotatable bonds is 6. The second-order valence-corrected chi connectivity index (χ2v) is 9.48. The molecule has 144 valence electrons. The van der Waals surface area contributed by atoms with Crippen molar-refractivity contribution in [3.05, 3.63) is 64.4 Å². The number of carbonyl (C=O) groups is 1. The standard InChI is InChI=1S/C19H22BrN3O3S/c20-17-5-3-4-15(12-17)14-27(25,26)23-10-7-16(8-11-23)19(24)22-13-18-6-1-2-9-21-18/h1-6,9,12,16H,7-8,10-11,13-14H2,(H,22,24). The van der Waals surface area contributed by atoms with Crippen molar-refractivity contribution in [1.29, 1.82) is 0 Å². The lowest BCUT2D eigenvalue weighted by atomic mass is 9.97. The molecule has 3 rings (SSSR count). The van der Waals surface area contributed by atoms with Crippen LogP contribution in [0.4, 0.5) is 0 Å². The van der Waals surface area contributed by atoms with Crippen molar-refractivity contribution in [2.24, 2.45) is 5.92 Å². The summed E-state index contributed by atoms with van der Waals surface area (Å²) in [6.07, 6.45) is 2.76. The highest BCUT2D eigenvalue weighted by Gasteiger charge is 2.31. The SMILES string of the molecule is O=C(NCc1ccccn1)C1CCN(S(=O)(=O)Cc2cccc(Br)c2)CC1. The van der Waals surface area contributed by atoms with Crippen molar-refractivity contribution in [2.75, 3.05) is 13.1 Å². The van der Waals surface area contributed by atoms with Gasteiger partial charge >= 0.3 is 0 Å². The van der Waals surface area contributed by atoms with Gasteiger partial charge in [-0.15, -0.1) is 0 Å². The van der Waals surface area contributed by atoms with Crippen LogP contribution in [-0.2, 0) is 27.1 Å². The molecule has 8 heteroatoms. The highest BCUT2D eigenvalue weighted by atomic mass is 79.9. The normalized spacial score (nSPS) is 16.2. The lowest BCUT2D eigenvalue weighted by Gasteiger charge is -2.30. The fourth-order valence-corrected chi connectivity index (χ4v) is 5.15. The molecular weight excluding hydrogens is 430 g/mol. The Labute approximate surface area is 168 Å². The van der Waals surface area contributed by atoms with Crippen LogP contribution in [-0.4, -0.2) is 36.7 Å². The molecule has 0 radical (unpaired) electrons. The highest BCUT2D eigenvalue weighted by molar-refractivity contribution is 9.10. The molecule has 0 unspecified atom stereocenters. The number of hydrogen-bond acceptors (Lipinski definition) is 4. The molecule has 1 aromatic carbocycles. The van der Waals surface area contributed by atoms with Crippen molar-refractivity contribution in [3.8, 4) is 0 Å². The molecule has 1 aliphatic rings. The van der Waals surface area contributed by atoms with Gasteiger partial charge in [0.1, 0.15) is 0 Å². The first-order valence-corrected chi connectivity index (χ1v) is 11.2. The molecule has 0 saturated carbocycles. The first-order valence-electron chi connectivity index (χ1n) is 8.84. The first-order chi connectivity index (χ1) is 12.9. The number of sulfonamides is 1. The number of piperidine rings is 1. The van der Waals surface area contributed by atoms with Gasteiger partial charge in [-0.3, -0.25) is 9.78 Å². The van der Waals surface area contributed by atoms with Gasteiger partial charge in [-0.2, -0.15) is 0 Å². The Morgan fingerprint density at radius 3 is 2.63 bits per heavy atom. The van der Waals surface area contributed by atoms with E-state index in [1.54, 1.807) is 12.3 Å². The van der Waals surface area contributed by atoms with E-state index in [4.69, 9.17) is 0 Å². The van der Waals surface area contributed by atoms with Crippen LogP contribution in [0.25, 0.3) is 0 Å². The van der Waals surface area contributed by atoms with Gasteiger partial charge in [0.05, 0.1) is 18.0 Å². The predicted octanol–water partition coefficient (Wildman–Crippen LogP) is 2.70. The van der Waals surface area contributed by atoms with E-state index in [1.807, 2.05) is 36.4 Å². The zero-order chi connectivity index (χ0) is 19.3. The molecule has 27 heavy (non-hydrogen) atoms. The van der Waals surface area contributed by atoms with Crippen LogP contribution in [0.15, 0.2) is 53.1 Å². The average molecular weight is 452 g/mol. The number of halogens is 1. The third kappa shape index (κ3) is 5.60. The van der Waals surface area contributed by atoms with Crippen molar-refractivity contribution in [2.45, 2.75) is 25.1 Å². The molecular formula is C19H22BrN3O3S.